The van der Waals surface area contributed by atoms with Crippen LogP contribution >= 0.6 is 0 Å². The van der Waals surface area contributed by atoms with Crippen molar-refractivity contribution in [3.63, 3.8) is 0 Å². The number of morpholine rings is 1. The van der Waals surface area contributed by atoms with E-state index in [1.54, 1.807) is 26.4 Å². The lowest BCUT2D eigenvalue weighted by Gasteiger charge is -2.35. The predicted molar refractivity (Wildman–Crippen MR) is 116 cm³/mol. The van der Waals surface area contributed by atoms with Gasteiger partial charge in [-0.1, -0.05) is 18.2 Å². The molecule has 1 aliphatic heterocycles. The molecule has 7 nitrogen and oxygen atoms in total. The van der Waals surface area contributed by atoms with Crippen molar-refractivity contribution in [3.8, 4) is 11.5 Å². The summed E-state index contributed by atoms with van der Waals surface area (Å²) in [4.78, 5) is 14.7. The highest BCUT2D eigenvalue weighted by Crippen LogP contribution is 2.32. The summed E-state index contributed by atoms with van der Waals surface area (Å²) in [5.74, 6) is 1.05. The van der Waals surface area contributed by atoms with Gasteiger partial charge in [0.1, 0.15) is 5.82 Å². The zero-order valence-corrected chi connectivity index (χ0v) is 18.0. The van der Waals surface area contributed by atoms with E-state index in [0.717, 1.165) is 24.2 Å². The lowest BCUT2D eigenvalue weighted by Crippen LogP contribution is -2.46. The molecule has 2 N–H and O–H groups in total. The van der Waals surface area contributed by atoms with E-state index in [1.807, 2.05) is 18.2 Å². The predicted octanol–water partition coefficient (Wildman–Crippen LogP) is 2.76. The first-order valence-electron chi connectivity index (χ1n) is 10.4. The van der Waals surface area contributed by atoms with E-state index < -0.39 is 0 Å². The summed E-state index contributed by atoms with van der Waals surface area (Å²) in [5.41, 5.74) is 2.00. The molecule has 1 aliphatic rings. The molecule has 1 unspecified atom stereocenters. The molecule has 0 radical (unpaired) electrons. The Bertz CT molecular complexity index is 841. The number of hydrogen-bond acceptors (Lipinski definition) is 5. The van der Waals surface area contributed by atoms with Crippen molar-refractivity contribution in [2.75, 3.05) is 53.6 Å². The molecule has 0 aliphatic carbocycles. The summed E-state index contributed by atoms with van der Waals surface area (Å²) < 4.78 is 29.3. The smallest absolute Gasteiger partial charge is 0.314 e. The van der Waals surface area contributed by atoms with Gasteiger partial charge in [-0.15, -0.1) is 0 Å². The monoisotopic (exact) mass is 431 g/mol. The molecule has 1 heterocycles. The average Bonchev–Trinajstić information content (AvgIpc) is 2.81. The molecule has 0 saturated carbocycles. The number of benzene rings is 2. The number of rotatable bonds is 9. The minimum absolute atomic E-state index is 0.0217. The highest BCUT2D eigenvalue weighted by Gasteiger charge is 2.24. The van der Waals surface area contributed by atoms with Gasteiger partial charge in [-0.3, -0.25) is 4.90 Å². The summed E-state index contributed by atoms with van der Waals surface area (Å²) in [7, 11) is 3.22. The number of carbonyl (C=O) groups is 1. The van der Waals surface area contributed by atoms with Crippen molar-refractivity contribution < 1.29 is 23.4 Å². The third kappa shape index (κ3) is 6.57. The van der Waals surface area contributed by atoms with Crippen LogP contribution in [0.1, 0.15) is 17.2 Å². The first-order valence-corrected chi connectivity index (χ1v) is 10.4. The largest absolute Gasteiger partial charge is 0.493 e. The Kier molecular flexibility index (Phi) is 8.49. The SMILES string of the molecule is COc1ccc(C(CNC(=O)NCCc2ccc(F)cc2)N2CCOCC2)cc1OC. The quantitative estimate of drug-likeness (QED) is 0.639. The van der Waals surface area contributed by atoms with Gasteiger partial charge in [0, 0.05) is 26.2 Å². The highest BCUT2D eigenvalue weighted by molar-refractivity contribution is 5.73. The van der Waals surface area contributed by atoms with Crippen LogP contribution in [-0.4, -0.2) is 64.5 Å². The number of amides is 2. The normalized spacial score (nSPS) is 15.2. The van der Waals surface area contributed by atoms with E-state index in [4.69, 9.17) is 14.2 Å². The van der Waals surface area contributed by atoms with E-state index in [1.165, 1.54) is 12.1 Å². The number of hydrogen-bond donors (Lipinski definition) is 2. The Morgan fingerprint density at radius 2 is 1.77 bits per heavy atom. The van der Waals surface area contributed by atoms with Crippen LogP contribution in [0.5, 0.6) is 11.5 Å². The fourth-order valence-electron chi connectivity index (χ4n) is 3.63. The number of halogens is 1. The molecule has 1 fully saturated rings. The lowest BCUT2D eigenvalue weighted by molar-refractivity contribution is 0.0166. The molecule has 0 spiro atoms. The van der Waals surface area contributed by atoms with Crippen LogP contribution < -0.4 is 20.1 Å². The number of nitrogens with one attached hydrogen (secondary N) is 2. The van der Waals surface area contributed by atoms with Crippen LogP contribution in [0.2, 0.25) is 0 Å². The number of ether oxygens (including phenoxy) is 3. The van der Waals surface area contributed by atoms with Gasteiger partial charge in [0.2, 0.25) is 0 Å². The summed E-state index contributed by atoms with van der Waals surface area (Å²) in [6, 6.07) is 11.9. The first kappa shape index (κ1) is 22.8. The molecule has 2 aromatic rings. The maximum Gasteiger partial charge on any atom is 0.314 e. The van der Waals surface area contributed by atoms with Gasteiger partial charge in [-0.05, 0) is 41.8 Å². The van der Waals surface area contributed by atoms with Gasteiger partial charge in [0.25, 0.3) is 0 Å². The molecule has 0 bridgehead atoms. The average molecular weight is 432 g/mol. The van der Waals surface area contributed by atoms with Crippen molar-refractivity contribution >= 4 is 6.03 Å². The molecule has 8 heteroatoms. The molecule has 2 aromatic carbocycles. The molecule has 31 heavy (non-hydrogen) atoms. The fourth-order valence-corrected chi connectivity index (χ4v) is 3.63. The number of nitrogens with zero attached hydrogens (tertiary/aromatic N) is 1. The topological polar surface area (TPSA) is 72.1 Å². The van der Waals surface area contributed by atoms with Gasteiger partial charge in [0.15, 0.2) is 11.5 Å². The van der Waals surface area contributed by atoms with Crippen LogP contribution in [0.3, 0.4) is 0 Å². The molecule has 1 atom stereocenters. The first-order chi connectivity index (χ1) is 15.1. The van der Waals surface area contributed by atoms with E-state index >= 15 is 0 Å². The third-order valence-corrected chi connectivity index (χ3v) is 5.35. The van der Waals surface area contributed by atoms with Crippen molar-refractivity contribution in [2.45, 2.75) is 12.5 Å². The Morgan fingerprint density at radius 1 is 1.06 bits per heavy atom. The van der Waals surface area contributed by atoms with Crippen molar-refractivity contribution in [1.82, 2.24) is 15.5 Å². The third-order valence-electron chi connectivity index (χ3n) is 5.35. The minimum atomic E-state index is -0.265. The molecule has 3 rings (SSSR count). The Labute approximate surface area is 182 Å². The summed E-state index contributed by atoms with van der Waals surface area (Å²) in [6.07, 6.45) is 0.635. The fraction of sp³-hybridized carbons (Fsp3) is 0.435. The van der Waals surface area contributed by atoms with E-state index in [2.05, 4.69) is 15.5 Å². The molecule has 0 aromatic heterocycles. The van der Waals surface area contributed by atoms with Gasteiger partial charge < -0.3 is 24.8 Å². The van der Waals surface area contributed by atoms with Crippen LogP contribution in [0, 0.1) is 5.82 Å². The zero-order valence-electron chi connectivity index (χ0n) is 18.0. The maximum atomic E-state index is 13.0. The van der Waals surface area contributed by atoms with E-state index in [0.29, 0.717) is 44.2 Å². The van der Waals surface area contributed by atoms with Gasteiger partial charge in [0.05, 0.1) is 33.5 Å². The van der Waals surface area contributed by atoms with Crippen molar-refractivity contribution in [1.29, 1.82) is 0 Å². The Hall–Kier alpha value is -2.84. The highest BCUT2D eigenvalue weighted by atomic mass is 19.1. The standard InChI is InChI=1S/C23H30FN3O4/c1-29-21-8-5-18(15-22(21)30-2)20(27-11-13-31-14-12-27)16-26-23(28)25-10-9-17-3-6-19(24)7-4-17/h3-8,15,20H,9-14,16H2,1-2H3,(H2,25,26,28). The second kappa shape index (κ2) is 11.5. The Morgan fingerprint density at radius 3 is 2.45 bits per heavy atom. The molecule has 2 amide bonds. The second-order valence-electron chi connectivity index (χ2n) is 7.29. The summed E-state index contributed by atoms with van der Waals surface area (Å²) in [5, 5.41) is 5.84. The number of carbonyl (C=O) groups excluding carboxylic acids is 1. The van der Waals surface area contributed by atoms with Crippen LogP contribution in [0.4, 0.5) is 9.18 Å². The summed E-state index contributed by atoms with van der Waals surface area (Å²) >= 11 is 0. The number of urea groups is 1. The Balaban J connectivity index is 1.59. The van der Waals surface area contributed by atoms with E-state index in [9.17, 15) is 9.18 Å². The minimum Gasteiger partial charge on any atom is -0.493 e. The van der Waals surface area contributed by atoms with Crippen molar-refractivity contribution in [3.05, 3.63) is 59.4 Å². The number of methoxy groups -OCH3 is 2. The maximum absolute atomic E-state index is 13.0. The molecular formula is C23H30FN3O4. The van der Waals surface area contributed by atoms with Crippen molar-refractivity contribution in [2.24, 2.45) is 0 Å². The molecular weight excluding hydrogens is 401 g/mol. The lowest BCUT2D eigenvalue weighted by atomic mass is 10.0. The van der Waals surface area contributed by atoms with E-state index in [-0.39, 0.29) is 17.9 Å². The van der Waals surface area contributed by atoms with Crippen LogP contribution in [0.25, 0.3) is 0 Å². The van der Waals surface area contributed by atoms with Gasteiger partial charge >= 0.3 is 6.03 Å². The van der Waals surface area contributed by atoms with Gasteiger partial charge in [-0.2, -0.15) is 0 Å². The molecule has 168 valence electrons. The van der Waals surface area contributed by atoms with Gasteiger partial charge in [-0.25, -0.2) is 9.18 Å². The molecule has 1 saturated heterocycles. The second-order valence-corrected chi connectivity index (χ2v) is 7.29. The zero-order chi connectivity index (χ0) is 22.1. The van der Waals surface area contributed by atoms with Crippen LogP contribution in [-0.2, 0) is 11.2 Å². The summed E-state index contributed by atoms with van der Waals surface area (Å²) in [6.45, 7) is 3.80. The van der Waals surface area contributed by atoms with Crippen LogP contribution in [0.15, 0.2) is 42.5 Å².